The van der Waals surface area contributed by atoms with Crippen LogP contribution in [0.1, 0.15) is 0 Å². The van der Waals surface area contributed by atoms with E-state index in [1.165, 1.54) is 31.3 Å². The van der Waals surface area contributed by atoms with E-state index < -0.39 is 10.9 Å². The molecule has 0 unspecified atom stereocenters. The van der Waals surface area contributed by atoms with E-state index in [9.17, 15) is 8.42 Å². The molecule has 0 aliphatic rings. The Bertz CT molecular complexity index is 323. The lowest BCUT2D eigenvalue weighted by Gasteiger charge is -2.09. The number of phenols is 1. The van der Waals surface area contributed by atoms with Crippen molar-refractivity contribution in [1.82, 2.24) is 0 Å². The molecule has 0 spiro atoms. The average molecular weight is 187 g/mol. The summed E-state index contributed by atoms with van der Waals surface area (Å²) in [5.74, 6) is 0.119. The minimum atomic E-state index is -2.60. The largest absolute Gasteiger partial charge is 0.508 e. The van der Waals surface area contributed by atoms with Crippen molar-refractivity contribution in [1.29, 1.82) is 0 Å². The van der Waals surface area contributed by atoms with Gasteiger partial charge in [-0.15, -0.1) is 0 Å². The topological polar surface area (TPSA) is 57.6 Å². The third-order valence-corrected chi connectivity index (χ3v) is 2.19. The Kier molecular flexibility index (Phi) is 2.54. The fraction of sp³-hybridized carbons (Fsp3) is 0.143. The lowest BCUT2D eigenvalue weighted by molar-refractivity contribution is 0.475. The van der Waals surface area contributed by atoms with E-state index in [0.29, 0.717) is 5.69 Å². The molecule has 66 valence electrons. The number of anilines is 1. The van der Waals surface area contributed by atoms with Crippen LogP contribution in [0.3, 0.4) is 0 Å². The second kappa shape index (κ2) is 3.44. The Hall–Kier alpha value is -1.23. The number of hydrogen-bond acceptors (Lipinski definition) is 3. The third-order valence-electron chi connectivity index (χ3n) is 1.47. The first kappa shape index (κ1) is 8.86. The summed E-state index contributed by atoms with van der Waals surface area (Å²) >= 11 is 0. The van der Waals surface area contributed by atoms with Gasteiger partial charge in [-0.05, 0) is 24.3 Å². The summed E-state index contributed by atoms with van der Waals surface area (Å²) in [7, 11) is -1.15. The minimum absolute atomic E-state index is 0.119. The summed E-state index contributed by atoms with van der Waals surface area (Å²) < 4.78 is 22.1. The van der Waals surface area contributed by atoms with E-state index in [4.69, 9.17) is 5.11 Å². The Morgan fingerprint density at radius 3 is 2.17 bits per heavy atom. The molecule has 5 heteroatoms. The zero-order valence-electron chi connectivity index (χ0n) is 6.47. The van der Waals surface area contributed by atoms with E-state index >= 15 is 0 Å². The third kappa shape index (κ3) is 1.88. The maximum absolute atomic E-state index is 10.5. The van der Waals surface area contributed by atoms with Crippen LogP contribution in [0, 0.1) is 0 Å². The number of aromatic hydroxyl groups is 1. The van der Waals surface area contributed by atoms with Crippen molar-refractivity contribution in [2.75, 3.05) is 11.4 Å². The summed E-state index contributed by atoms with van der Waals surface area (Å²) in [6, 6.07) is 5.93. The van der Waals surface area contributed by atoms with Gasteiger partial charge in [-0.25, -0.2) is 8.42 Å². The molecule has 0 fully saturated rings. The van der Waals surface area contributed by atoms with E-state index in [1.54, 1.807) is 0 Å². The van der Waals surface area contributed by atoms with E-state index in [-0.39, 0.29) is 5.75 Å². The highest BCUT2D eigenvalue weighted by Crippen LogP contribution is 2.16. The summed E-state index contributed by atoms with van der Waals surface area (Å²) in [5.41, 5.74) is 0.531. The van der Waals surface area contributed by atoms with Gasteiger partial charge < -0.3 is 5.11 Å². The van der Waals surface area contributed by atoms with Gasteiger partial charge >= 0.3 is 0 Å². The molecule has 0 radical (unpaired) electrons. The lowest BCUT2D eigenvalue weighted by Crippen LogP contribution is -2.13. The van der Waals surface area contributed by atoms with Gasteiger partial charge in [0, 0.05) is 7.05 Å². The van der Waals surface area contributed by atoms with Gasteiger partial charge in [0.15, 0.2) is 0 Å². The normalized spacial score (nSPS) is 10.2. The second-order valence-electron chi connectivity index (χ2n) is 2.28. The van der Waals surface area contributed by atoms with Crippen molar-refractivity contribution in [3.63, 3.8) is 0 Å². The number of benzene rings is 1. The summed E-state index contributed by atoms with van der Waals surface area (Å²) in [6.45, 7) is 0. The number of hydrogen-bond donors (Lipinski definition) is 2. The van der Waals surface area contributed by atoms with Gasteiger partial charge in [-0.2, -0.15) is 0 Å². The Labute approximate surface area is 72.1 Å². The molecule has 12 heavy (non-hydrogen) atoms. The smallest absolute Gasteiger partial charge is 0.224 e. The zero-order valence-corrected chi connectivity index (χ0v) is 7.36. The van der Waals surface area contributed by atoms with Gasteiger partial charge in [-0.3, -0.25) is 4.31 Å². The molecule has 0 amide bonds. The van der Waals surface area contributed by atoms with Gasteiger partial charge in [0.05, 0.1) is 5.69 Å². The maximum Gasteiger partial charge on any atom is 0.224 e. The Balaban J connectivity index is 2.97. The SMILES string of the molecule is CN(c1ccc(O)cc1)[SH](=O)=O. The molecule has 1 aromatic carbocycles. The van der Waals surface area contributed by atoms with Crippen LogP contribution in [-0.4, -0.2) is 20.6 Å². The molecule has 1 aromatic rings. The lowest BCUT2D eigenvalue weighted by atomic mass is 10.3. The first-order chi connectivity index (χ1) is 5.61. The number of phenolic OH excluding ortho intramolecular Hbond substituents is 1. The molecular formula is C7H9NO3S. The summed E-state index contributed by atoms with van der Waals surface area (Å²) in [5, 5.41) is 8.91. The van der Waals surface area contributed by atoms with Crippen LogP contribution in [0.5, 0.6) is 5.75 Å². The molecule has 0 bridgehead atoms. The first-order valence-corrected chi connectivity index (χ1v) is 4.41. The summed E-state index contributed by atoms with van der Waals surface area (Å²) in [4.78, 5) is 0. The highest BCUT2D eigenvalue weighted by molar-refractivity contribution is 7.74. The van der Waals surface area contributed by atoms with Gasteiger partial charge in [0.25, 0.3) is 0 Å². The molecule has 0 aliphatic carbocycles. The van der Waals surface area contributed by atoms with Crippen molar-refractivity contribution in [2.24, 2.45) is 0 Å². The van der Waals surface area contributed by atoms with Crippen molar-refractivity contribution >= 4 is 16.6 Å². The zero-order chi connectivity index (χ0) is 9.14. The van der Waals surface area contributed by atoms with Crippen LogP contribution in [-0.2, 0) is 10.9 Å². The molecule has 0 atom stereocenters. The number of thiol groups is 1. The molecule has 0 aliphatic heterocycles. The van der Waals surface area contributed by atoms with Gasteiger partial charge in [-0.1, -0.05) is 0 Å². The van der Waals surface area contributed by atoms with Crippen LogP contribution in [0.2, 0.25) is 0 Å². The van der Waals surface area contributed by atoms with Crippen molar-refractivity contribution < 1.29 is 13.5 Å². The molecule has 1 N–H and O–H groups in total. The molecule has 0 heterocycles. The van der Waals surface area contributed by atoms with Crippen LogP contribution in [0.15, 0.2) is 24.3 Å². The predicted octanol–water partition coefficient (Wildman–Crippen LogP) is 0.355. The minimum Gasteiger partial charge on any atom is -0.508 e. The fourth-order valence-electron chi connectivity index (χ4n) is 0.763. The standard InChI is InChI=1S/C7H9NO3S/c1-8(12(10)11)6-2-4-7(9)5-3-6/h2-5,9,12H,1H3. The highest BCUT2D eigenvalue weighted by Gasteiger charge is 2.00. The summed E-state index contributed by atoms with van der Waals surface area (Å²) in [6.07, 6.45) is 0. The predicted molar refractivity (Wildman–Crippen MR) is 46.8 cm³/mol. The fourth-order valence-corrected chi connectivity index (χ4v) is 1.08. The monoisotopic (exact) mass is 187 g/mol. The molecule has 1 rings (SSSR count). The molecular weight excluding hydrogens is 178 g/mol. The van der Waals surface area contributed by atoms with Crippen LogP contribution < -0.4 is 4.31 Å². The second-order valence-corrected chi connectivity index (χ2v) is 3.35. The van der Waals surface area contributed by atoms with Gasteiger partial charge in [0.2, 0.25) is 10.9 Å². The van der Waals surface area contributed by atoms with Crippen LogP contribution in [0.4, 0.5) is 5.69 Å². The van der Waals surface area contributed by atoms with E-state index in [1.807, 2.05) is 0 Å². The van der Waals surface area contributed by atoms with E-state index in [2.05, 4.69) is 0 Å². The highest BCUT2D eigenvalue weighted by atomic mass is 32.2. The number of nitrogens with zero attached hydrogens (tertiary/aromatic N) is 1. The Morgan fingerprint density at radius 2 is 1.75 bits per heavy atom. The first-order valence-electron chi connectivity index (χ1n) is 3.28. The quantitative estimate of drug-likeness (QED) is 0.657. The molecule has 0 saturated heterocycles. The van der Waals surface area contributed by atoms with Crippen molar-refractivity contribution in [3.05, 3.63) is 24.3 Å². The van der Waals surface area contributed by atoms with Crippen LogP contribution in [0.25, 0.3) is 0 Å². The molecule has 0 aromatic heterocycles. The number of rotatable bonds is 2. The Morgan fingerprint density at radius 1 is 1.25 bits per heavy atom. The van der Waals surface area contributed by atoms with Crippen LogP contribution >= 0.6 is 0 Å². The van der Waals surface area contributed by atoms with Crippen molar-refractivity contribution in [3.8, 4) is 5.75 Å². The molecule has 0 saturated carbocycles. The van der Waals surface area contributed by atoms with E-state index in [0.717, 1.165) is 4.31 Å². The maximum atomic E-state index is 10.5. The molecule has 4 nitrogen and oxygen atoms in total. The average Bonchev–Trinajstić information content (AvgIpc) is 2.04. The van der Waals surface area contributed by atoms with Gasteiger partial charge in [0.1, 0.15) is 5.75 Å². The van der Waals surface area contributed by atoms with Crippen molar-refractivity contribution in [2.45, 2.75) is 0 Å².